The normalized spacial score (nSPS) is 13.8. The van der Waals surface area contributed by atoms with Crippen LogP contribution in [0, 0.1) is 0 Å². The largest absolute Gasteiger partial charge is 0.588 e. The van der Waals surface area contributed by atoms with E-state index in [9.17, 15) is 9.59 Å². The average Bonchev–Trinajstić information content (AvgIpc) is 3.40. The number of carbonyl (C=O) groups is 2. The molecule has 2 heterocycles. The van der Waals surface area contributed by atoms with E-state index in [1.54, 1.807) is 56.6 Å². The van der Waals surface area contributed by atoms with Gasteiger partial charge in [0, 0.05) is 31.0 Å². The monoisotopic (exact) mass is 527 g/mol. The van der Waals surface area contributed by atoms with E-state index in [1.807, 2.05) is 23.2 Å². The van der Waals surface area contributed by atoms with Crippen LogP contribution in [0.25, 0.3) is 5.32 Å². The van der Waals surface area contributed by atoms with Crippen LogP contribution in [0.2, 0.25) is 0 Å². The maximum absolute atomic E-state index is 12.2. The Hall–Kier alpha value is -3.77. The molecule has 0 N–H and O–H groups in total. The van der Waals surface area contributed by atoms with Crippen LogP contribution in [-0.2, 0) is 11.3 Å². The average molecular weight is 528 g/mol. The van der Waals surface area contributed by atoms with Gasteiger partial charge >= 0.3 is 0 Å². The fraction of sp³-hybridized carbons (Fsp3) is 0.360. The van der Waals surface area contributed by atoms with Crippen LogP contribution in [0.3, 0.4) is 0 Å². The zero-order chi connectivity index (χ0) is 26.2. The van der Waals surface area contributed by atoms with Crippen molar-refractivity contribution in [1.82, 2.24) is 10.2 Å². The van der Waals surface area contributed by atoms with Crippen LogP contribution < -0.4 is 24.0 Å². The highest BCUT2D eigenvalue weighted by Crippen LogP contribution is 2.38. The van der Waals surface area contributed by atoms with Crippen molar-refractivity contribution in [3.05, 3.63) is 65.1 Å². The van der Waals surface area contributed by atoms with Crippen molar-refractivity contribution in [3.8, 4) is 17.2 Å². The van der Waals surface area contributed by atoms with Gasteiger partial charge in [-0.3, -0.25) is 9.69 Å². The smallest absolute Gasteiger partial charge is 0.257 e. The molecule has 0 atom stereocenters. The second kappa shape index (κ2) is 12.5. The maximum Gasteiger partial charge on any atom is 0.257 e. The standard InChI is InChI=1S/C25H29N5O6S/c1-33-20-13-18(14-21(34-2)24(20)35-3)15-28-9-11-29(12-10-28)30-16-23(36-27-30)26-22(31)17-37-25(32)19-7-5-4-6-8-19/h4-8,13-14,16H,9-12,15,17H2,1-3H3. The molecule has 0 unspecified atom stereocenters. The Labute approximate surface area is 219 Å². The van der Waals surface area contributed by atoms with Gasteiger partial charge in [-0.2, -0.15) is 5.01 Å². The molecular weight excluding hydrogens is 498 g/mol. The Balaban J connectivity index is 1.26. The van der Waals surface area contributed by atoms with Crippen LogP contribution in [0.5, 0.6) is 17.2 Å². The molecule has 1 aliphatic rings. The van der Waals surface area contributed by atoms with Crippen molar-refractivity contribution in [3.63, 3.8) is 0 Å². The van der Waals surface area contributed by atoms with Gasteiger partial charge in [0.1, 0.15) is 5.88 Å². The van der Waals surface area contributed by atoms with Gasteiger partial charge in [0.15, 0.2) is 11.5 Å². The number of methoxy groups -OCH3 is 3. The molecule has 2 aromatic carbocycles. The van der Waals surface area contributed by atoms with E-state index in [0.29, 0.717) is 35.9 Å². The molecule has 1 amide bonds. The Morgan fingerprint density at radius 2 is 1.70 bits per heavy atom. The minimum Gasteiger partial charge on any atom is -0.588 e. The number of piperazine rings is 1. The summed E-state index contributed by atoms with van der Waals surface area (Å²) in [5.41, 5.74) is 1.60. The lowest BCUT2D eigenvalue weighted by Gasteiger charge is -2.30. The Morgan fingerprint density at radius 1 is 1.03 bits per heavy atom. The molecule has 1 saturated heterocycles. The van der Waals surface area contributed by atoms with Gasteiger partial charge in [0.2, 0.25) is 16.1 Å². The number of rotatable bonds is 10. The van der Waals surface area contributed by atoms with Crippen molar-refractivity contribution in [2.24, 2.45) is 0 Å². The molecule has 3 aromatic rings. The third kappa shape index (κ3) is 6.71. The molecule has 12 heteroatoms. The van der Waals surface area contributed by atoms with E-state index in [-0.39, 0.29) is 16.8 Å². The van der Waals surface area contributed by atoms with Crippen molar-refractivity contribution in [1.29, 1.82) is 0 Å². The third-order valence-corrected chi connectivity index (χ3v) is 6.67. The molecule has 1 aliphatic heterocycles. The van der Waals surface area contributed by atoms with Crippen molar-refractivity contribution < 1.29 is 33.1 Å². The molecule has 37 heavy (non-hydrogen) atoms. The highest BCUT2D eigenvalue weighted by molar-refractivity contribution is 8.14. The predicted octanol–water partition coefficient (Wildman–Crippen LogP) is 2.55. The quantitative estimate of drug-likeness (QED) is 0.365. The lowest BCUT2D eigenvalue weighted by molar-refractivity contribution is -0.759. The van der Waals surface area contributed by atoms with E-state index >= 15 is 0 Å². The number of ether oxygens (including phenoxy) is 3. The van der Waals surface area contributed by atoms with Gasteiger partial charge in [-0.1, -0.05) is 42.1 Å². The minimum absolute atomic E-state index is 0.0754. The molecule has 0 radical (unpaired) electrons. The Kier molecular flexibility index (Phi) is 8.86. The topological polar surface area (TPSA) is 112 Å². The summed E-state index contributed by atoms with van der Waals surface area (Å²) in [5, 5.41) is 9.74. The number of amides is 1. The summed E-state index contributed by atoms with van der Waals surface area (Å²) in [7, 11) is 4.79. The Bertz CT molecular complexity index is 1190. The van der Waals surface area contributed by atoms with Crippen molar-refractivity contribution >= 4 is 28.7 Å². The molecule has 0 spiro atoms. The maximum atomic E-state index is 12.2. The summed E-state index contributed by atoms with van der Waals surface area (Å²) in [6, 6.07) is 12.7. The summed E-state index contributed by atoms with van der Waals surface area (Å²) in [6.07, 6.45) is 1.57. The molecule has 0 saturated carbocycles. The highest BCUT2D eigenvalue weighted by atomic mass is 32.2. The van der Waals surface area contributed by atoms with Crippen LogP contribution in [0.15, 0.2) is 53.2 Å². The first-order valence-corrected chi connectivity index (χ1v) is 12.6. The van der Waals surface area contributed by atoms with Crippen LogP contribution in [0.4, 0.5) is 5.88 Å². The summed E-state index contributed by atoms with van der Waals surface area (Å²) >= 11 is 0.909. The van der Waals surface area contributed by atoms with Crippen molar-refractivity contribution in [2.45, 2.75) is 6.54 Å². The van der Waals surface area contributed by atoms with Gasteiger partial charge in [0.05, 0.1) is 45.1 Å². The van der Waals surface area contributed by atoms with Gasteiger partial charge in [-0.25, -0.2) is 0 Å². The van der Waals surface area contributed by atoms with E-state index in [0.717, 1.165) is 37.0 Å². The lowest BCUT2D eigenvalue weighted by Crippen LogP contribution is -2.65. The highest BCUT2D eigenvalue weighted by Gasteiger charge is 2.25. The molecule has 0 aliphatic carbocycles. The minimum atomic E-state index is -0.465. The number of hydrogen-bond acceptors (Lipinski definition) is 10. The summed E-state index contributed by atoms with van der Waals surface area (Å²) in [5.74, 6) is 1.38. The van der Waals surface area contributed by atoms with E-state index < -0.39 is 5.91 Å². The molecular formula is C25H29N5O6S. The molecule has 0 bridgehead atoms. The van der Waals surface area contributed by atoms with Crippen LogP contribution in [0.1, 0.15) is 15.9 Å². The van der Waals surface area contributed by atoms with E-state index in [2.05, 4.69) is 15.5 Å². The van der Waals surface area contributed by atoms with E-state index in [4.69, 9.17) is 18.7 Å². The fourth-order valence-electron chi connectivity index (χ4n) is 3.94. The van der Waals surface area contributed by atoms with E-state index in [1.165, 1.54) is 0 Å². The first kappa shape index (κ1) is 26.3. The second-order valence-corrected chi connectivity index (χ2v) is 9.12. The van der Waals surface area contributed by atoms with Gasteiger partial charge < -0.3 is 28.8 Å². The lowest BCUT2D eigenvalue weighted by atomic mass is 10.1. The SMILES string of the molecule is COc1cc(CN2CCN([n+]3cc([N-]C(=O)CSC(=O)c4ccccc4)on3)CC2)cc(OC)c1OC. The zero-order valence-electron chi connectivity index (χ0n) is 21.0. The van der Waals surface area contributed by atoms with Gasteiger partial charge in [-0.05, 0) is 17.7 Å². The fourth-order valence-corrected chi connectivity index (χ4v) is 4.56. The number of thioether (sulfide) groups is 1. The Morgan fingerprint density at radius 3 is 2.32 bits per heavy atom. The molecule has 4 rings (SSSR count). The van der Waals surface area contributed by atoms with Crippen LogP contribution >= 0.6 is 11.8 Å². The van der Waals surface area contributed by atoms with Crippen LogP contribution in [-0.4, -0.2) is 74.5 Å². The van der Waals surface area contributed by atoms with Gasteiger partial charge in [-0.15, -0.1) is 0 Å². The summed E-state index contributed by atoms with van der Waals surface area (Å²) < 4.78 is 21.5. The predicted molar refractivity (Wildman–Crippen MR) is 137 cm³/mol. The second-order valence-electron chi connectivity index (χ2n) is 8.17. The number of hydrogen-bond donors (Lipinski definition) is 0. The molecule has 1 aromatic heterocycles. The first-order chi connectivity index (χ1) is 18.0. The van der Waals surface area contributed by atoms with Gasteiger partial charge in [0.25, 0.3) is 6.20 Å². The zero-order valence-corrected chi connectivity index (χ0v) is 21.8. The number of aromatic nitrogens is 2. The third-order valence-electron chi connectivity index (χ3n) is 5.78. The molecule has 196 valence electrons. The summed E-state index contributed by atoms with van der Waals surface area (Å²) in [6.45, 7) is 3.72. The number of carbonyl (C=O) groups excluding carboxylic acids is 2. The summed E-state index contributed by atoms with van der Waals surface area (Å²) in [4.78, 5) is 28.2. The molecule has 1 fully saturated rings. The first-order valence-electron chi connectivity index (χ1n) is 11.6. The molecule has 11 nitrogen and oxygen atoms in total. The number of benzene rings is 2. The van der Waals surface area contributed by atoms with Crippen molar-refractivity contribution in [2.75, 3.05) is 58.3 Å². The number of nitrogens with zero attached hydrogens (tertiary/aromatic N) is 5.